The lowest BCUT2D eigenvalue weighted by atomic mass is 9.98. The molecule has 0 aromatic heterocycles. The number of imide groups is 1. The summed E-state index contributed by atoms with van der Waals surface area (Å²) in [4.78, 5) is 74.8. The lowest BCUT2D eigenvalue weighted by molar-refractivity contribution is -0.177. The summed E-state index contributed by atoms with van der Waals surface area (Å²) in [5.41, 5.74) is 9.01. The van der Waals surface area contributed by atoms with Crippen molar-refractivity contribution in [3.8, 4) is 22.3 Å². The highest BCUT2D eigenvalue weighted by Crippen LogP contribution is 2.46. The van der Waals surface area contributed by atoms with Gasteiger partial charge in [-0.05, 0) is 70.2 Å². The molecule has 58 heavy (non-hydrogen) atoms. The van der Waals surface area contributed by atoms with E-state index in [1.54, 1.807) is 0 Å². The van der Waals surface area contributed by atoms with Gasteiger partial charge in [-0.2, -0.15) is 0 Å². The highest BCUT2D eigenvalue weighted by atomic mass is 16.8. The number of rotatable bonds is 7. The Bertz CT molecular complexity index is 2110. The van der Waals surface area contributed by atoms with Gasteiger partial charge in [0.15, 0.2) is 0 Å². The second-order valence-corrected chi connectivity index (χ2v) is 14.8. The van der Waals surface area contributed by atoms with E-state index in [1.165, 1.54) is 16.0 Å². The highest BCUT2D eigenvalue weighted by molar-refractivity contribution is 6.01. The van der Waals surface area contributed by atoms with Crippen molar-refractivity contribution in [1.29, 1.82) is 0 Å². The summed E-state index contributed by atoms with van der Waals surface area (Å²) in [7, 11) is 0. The Kier molecular flexibility index (Phi) is 12.2. The maximum atomic E-state index is 12.4. The molecule has 3 amide bonds. The van der Waals surface area contributed by atoms with Crippen LogP contribution in [0.25, 0.3) is 22.3 Å². The third kappa shape index (κ3) is 8.43. The molecule has 13 heteroatoms. The van der Waals surface area contributed by atoms with E-state index < -0.39 is 42.0 Å². The van der Waals surface area contributed by atoms with Gasteiger partial charge in [-0.15, -0.1) is 0 Å². The number of carboxylic acids is 2. The van der Waals surface area contributed by atoms with Gasteiger partial charge in [0.25, 0.3) is 11.8 Å². The molecule has 1 unspecified atom stereocenters. The number of hydroxylamine groups is 2. The van der Waals surface area contributed by atoms with Crippen molar-refractivity contribution in [1.82, 2.24) is 9.96 Å². The van der Waals surface area contributed by atoms with Crippen LogP contribution in [0.1, 0.15) is 85.5 Å². The van der Waals surface area contributed by atoms with Crippen LogP contribution in [0.2, 0.25) is 0 Å². The van der Waals surface area contributed by atoms with Gasteiger partial charge in [0, 0.05) is 31.2 Å². The van der Waals surface area contributed by atoms with Gasteiger partial charge in [0.05, 0.1) is 5.92 Å². The Morgan fingerprint density at radius 2 is 1.00 bits per heavy atom. The van der Waals surface area contributed by atoms with Gasteiger partial charge in [-0.1, -0.05) is 115 Å². The fourth-order valence-corrected chi connectivity index (χ4v) is 8.44. The molecule has 4 aromatic carbocycles. The van der Waals surface area contributed by atoms with Crippen LogP contribution in [0.5, 0.6) is 0 Å². The molecule has 3 fully saturated rings. The average Bonchev–Trinajstić information content (AvgIpc) is 4.09. The number of hydrogen-bond donors (Lipinski definition) is 2. The summed E-state index contributed by atoms with van der Waals surface area (Å²) < 4.78 is 10.7. The van der Waals surface area contributed by atoms with Crippen molar-refractivity contribution in [2.75, 3.05) is 19.8 Å². The molecule has 1 atom stereocenters. The van der Waals surface area contributed by atoms with E-state index in [-0.39, 0.29) is 43.8 Å². The SMILES string of the molecule is O=C(O)C1CCCC1.O=C(O)C1CCCN1C(=O)OCC1c2ccccc2-c2ccccc21.O=C(OCC1c2ccccc2-c2ccccc21)ON1C(=O)CCC1=O. The lowest BCUT2D eigenvalue weighted by Gasteiger charge is -2.22. The average molecular weight is 789 g/mol. The predicted molar refractivity (Wildman–Crippen MR) is 209 cm³/mol. The topological polar surface area (TPSA) is 177 Å². The zero-order valence-corrected chi connectivity index (χ0v) is 31.8. The van der Waals surface area contributed by atoms with E-state index in [9.17, 15) is 33.9 Å². The van der Waals surface area contributed by atoms with Gasteiger partial charge in [0.1, 0.15) is 19.3 Å². The first-order chi connectivity index (χ1) is 28.1. The molecule has 2 aliphatic heterocycles. The van der Waals surface area contributed by atoms with Gasteiger partial charge < -0.3 is 19.7 Å². The number of likely N-dealkylation sites (tertiary alicyclic amines) is 1. The number of ether oxygens (including phenoxy) is 2. The van der Waals surface area contributed by atoms with E-state index in [0.717, 1.165) is 59.1 Å². The van der Waals surface area contributed by atoms with E-state index >= 15 is 0 Å². The zero-order chi connectivity index (χ0) is 40.8. The second kappa shape index (κ2) is 17.7. The minimum Gasteiger partial charge on any atom is -0.481 e. The predicted octanol–water partition coefficient (Wildman–Crippen LogP) is 7.76. The van der Waals surface area contributed by atoms with Gasteiger partial charge >= 0.3 is 24.2 Å². The Balaban J connectivity index is 0.000000149. The van der Waals surface area contributed by atoms with Crippen molar-refractivity contribution in [2.24, 2.45) is 5.92 Å². The molecule has 4 aromatic rings. The molecule has 9 rings (SSSR count). The largest absolute Gasteiger partial charge is 0.533 e. The van der Waals surface area contributed by atoms with Crippen molar-refractivity contribution in [2.45, 2.75) is 69.2 Å². The fourth-order valence-electron chi connectivity index (χ4n) is 8.44. The minimum absolute atomic E-state index is 0.0118. The smallest absolute Gasteiger partial charge is 0.481 e. The normalized spacial score (nSPS) is 17.9. The molecule has 2 N–H and O–H groups in total. The maximum absolute atomic E-state index is 12.4. The Hall–Kier alpha value is -6.50. The van der Waals surface area contributed by atoms with Crippen LogP contribution >= 0.6 is 0 Å². The summed E-state index contributed by atoms with van der Waals surface area (Å²) in [6.07, 6.45) is 3.71. The first kappa shape index (κ1) is 39.7. The van der Waals surface area contributed by atoms with E-state index in [0.29, 0.717) is 24.4 Å². The molecule has 5 aliphatic rings. The number of aliphatic carboxylic acids is 2. The summed E-state index contributed by atoms with van der Waals surface area (Å²) in [5, 5.41) is 18.1. The molecule has 2 saturated heterocycles. The lowest BCUT2D eigenvalue weighted by Crippen LogP contribution is -2.41. The van der Waals surface area contributed by atoms with Crippen LogP contribution in [-0.2, 0) is 33.5 Å². The molecule has 1 saturated carbocycles. The summed E-state index contributed by atoms with van der Waals surface area (Å²) in [6, 6.07) is 31.4. The first-order valence-corrected chi connectivity index (χ1v) is 19.6. The van der Waals surface area contributed by atoms with Crippen LogP contribution in [0, 0.1) is 5.92 Å². The number of carbonyl (C=O) groups is 6. The van der Waals surface area contributed by atoms with E-state index in [2.05, 4.69) is 24.3 Å². The molecule has 2 heterocycles. The summed E-state index contributed by atoms with van der Waals surface area (Å²) in [5.74, 6) is -2.77. The number of carboxylic acid groups (broad SMARTS) is 2. The fraction of sp³-hybridized carbons (Fsp3) is 0.333. The molecular formula is C45H44N2O11. The molecule has 13 nitrogen and oxygen atoms in total. The molecule has 0 bridgehead atoms. The first-order valence-electron chi connectivity index (χ1n) is 19.6. The molecule has 0 spiro atoms. The third-order valence-electron chi connectivity index (χ3n) is 11.3. The molecule has 300 valence electrons. The van der Waals surface area contributed by atoms with Crippen LogP contribution < -0.4 is 0 Å². The van der Waals surface area contributed by atoms with Crippen molar-refractivity contribution in [3.05, 3.63) is 119 Å². The standard InChI is InChI=1S/C20H19NO4.C19H15NO5.C6H10O2/c22-19(23)18-10-5-11-21(18)20(24)25-12-17-15-8-3-1-6-13(15)14-7-2-4-9-16(14)17;21-17-9-10-18(22)20(17)25-19(23)24-11-16-14-7-3-1-5-12(14)13-6-2-4-8-15(13)16;7-6(8)5-3-1-2-4-5/h1-4,6-9,17-18H,5,10-12H2,(H,22,23);1-8,16H,9-11H2;5H,1-4H2,(H,7,8). The Morgan fingerprint density at radius 3 is 1.41 bits per heavy atom. The van der Waals surface area contributed by atoms with Gasteiger partial charge in [-0.25, -0.2) is 14.4 Å². The Morgan fingerprint density at radius 1 is 0.569 bits per heavy atom. The second-order valence-electron chi connectivity index (χ2n) is 14.8. The number of carbonyl (C=O) groups excluding carboxylic acids is 4. The molecule has 3 aliphatic carbocycles. The van der Waals surface area contributed by atoms with Crippen molar-refractivity contribution in [3.63, 3.8) is 0 Å². The zero-order valence-electron chi connectivity index (χ0n) is 31.8. The maximum Gasteiger partial charge on any atom is 0.533 e. The number of amides is 3. The summed E-state index contributed by atoms with van der Waals surface area (Å²) in [6.45, 7) is 0.729. The van der Waals surface area contributed by atoms with Crippen LogP contribution in [0.15, 0.2) is 97.1 Å². The van der Waals surface area contributed by atoms with Crippen molar-refractivity contribution < 1.29 is 53.3 Å². The molecular weight excluding hydrogens is 744 g/mol. The number of nitrogens with zero attached hydrogens (tertiary/aromatic N) is 2. The Labute approximate surface area is 335 Å². The number of fused-ring (bicyclic) bond motifs is 6. The third-order valence-corrected chi connectivity index (χ3v) is 11.3. The van der Waals surface area contributed by atoms with Crippen LogP contribution in [0.3, 0.4) is 0 Å². The summed E-state index contributed by atoms with van der Waals surface area (Å²) >= 11 is 0. The van der Waals surface area contributed by atoms with Crippen LogP contribution in [0.4, 0.5) is 9.59 Å². The quantitative estimate of drug-likeness (QED) is 0.138. The van der Waals surface area contributed by atoms with Gasteiger partial charge in [-0.3, -0.25) is 24.1 Å². The van der Waals surface area contributed by atoms with Crippen LogP contribution in [-0.4, -0.2) is 82.0 Å². The van der Waals surface area contributed by atoms with Gasteiger partial charge in [0.2, 0.25) is 0 Å². The minimum atomic E-state index is -1.05. The van der Waals surface area contributed by atoms with Crippen molar-refractivity contribution >= 4 is 36.0 Å². The van der Waals surface area contributed by atoms with E-state index in [4.69, 9.17) is 19.4 Å². The number of benzene rings is 4. The number of hydrogen-bond acceptors (Lipinski definition) is 9. The monoisotopic (exact) mass is 788 g/mol. The van der Waals surface area contributed by atoms with E-state index in [1.807, 2.05) is 72.8 Å². The molecule has 0 radical (unpaired) electrons. The highest BCUT2D eigenvalue weighted by Gasteiger charge is 2.37.